The van der Waals surface area contributed by atoms with Crippen LogP contribution in [0.2, 0.25) is 0 Å². The summed E-state index contributed by atoms with van der Waals surface area (Å²) in [5, 5.41) is 2.63. The van der Waals surface area contributed by atoms with Crippen molar-refractivity contribution in [3.05, 3.63) is 53.6 Å². The van der Waals surface area contributed by atoms with Gasteiger partial charge in [-0.15, -0.1) is 0 Å². The van der Waals surface area contributed by atoms with E-state index in [1.54, 1.807) is 26.0 Å². The Morgan fingerprint density at radius 3 is 2.60 bits per heavy atom. The van der Waals surface area contributed by atoms with E-state index in [9.17, 15) is 9.59 Å². The van der Waals surface area contributed by atoms with E-state index in [-0.39, 0.29) is 18.2 Å². The van der Waals surface area contributed by atoms with Gasteiger partial charge in [0.25, 0.3) is 0 Å². The van der Waals surface area contributed by atoms with Crippen molar-refractivity contribution in [3.63, 3.8) is 0 Å². The third-order valence-electron chi connectivity index (χ3n) is 5.13. The minimum absolute atomic E-state index is 0.0937. The van der Waals surface area contributed by atoms with E-state index < -0.39 is 6.04 Å². The monoisotopic (exact) mass is 412 g/mol. The van der Waals surface area contributed by atoms with E-state index >= 15 is 0 Å². The molecule has 7 nitrogen and oxygen atoms in total. The molecule has 0 radical (unpaired) electrons. The Kier molecular flexibility index (Phi) is 7.17. The fraction of sp³-hybridized carbons (Fsp3) is 0.391. The standard InChI is InChI=1S/C23H28N2O5/c1-16(23(27)24-2)25(15-18-5-4-6-19(13-18)28-3)22(26)10-8-17-7-9-20-21(14-17)30-12-11-29-20/h4-7,9,13-14,16H,8,10-12,15H2,1-3H3,(H,24,27)/t16-/m0/s1. The molecule has 1 heterocycles. The average molecular weight is 412 g/mol. The number of hydrogen-bond donors (Lipinski definition) is 1. The molecule has 2 amide bonds. The number of fused-ring (bicyclic) bond motifs is 1. The third-order valence-corrected chi connectivity index (χ3v) is 5.13. The molecule has 30 heavy (non-hydrogen) atoms. The molecule has 0 aliphatic carbocycles. The first-order valence-electron chi connectivity index (χ1n) is 10.0. The van der Waals surface area contributed by atoms with Gasteiger partial charge in [-0.1, -0.05) is 18.2 Å². The SMILES string of the molecule is CNC(=O)[C@H](C)N(Cc1cccc(OC)c1)C(=O)CCc1ccc2c(c1)OCCO2. The number of nitrogens with one attached hydrogen (secondary N) is 1. The first-order chi connectivity index (χ1) is 14.5. The Morgan fingerprint density at radius 1 is 1.10 bits per heavy atom. The summed E-state index contributed by atoms with van der Waals surface area (Å²) in [5.74, 6) is 1.85. The van der Waals surface area contributed by atoms with Gasteiger partial charge < -0.3 is 24.4 Å². The summed E-state index contributed by atoms with van der Waals surface area (Å²) in [7, 11) is 3.17. The van der Waals surface area contributed by atoms with Gasteiger partial charge in [0, 0.05) is 20.0 Å². The summed E-state index contributed by atoms with van der Waals surface area (Å²) in [4.78, 5) is 26.9. The van der Waals surface area contributed by atoms with Crippen molar-refractivity contribution in [2.24, 2.45) is 0 Å². The van der Waals surface area contributed by atoms with Gasteiger partial charge in [-0.3, -0.25) is 9.59 Å². The molecular weight excluding hydrogens is 384 g/mol. The first-order valence-corrected chi connectivity index (χ1v) is 10.0. The number of benzene rings is 2. The van der Waals surface area contributed by atoms with Crippen molar-refractivity contribution in [1.82, 2.24) is 10.2 Å². The Bertz CT molecular complexity index is 899. The minimum Gasteiger partial charge on any atom is -0.497 e. The largest absolute Gasteiger partial charge is 0.497 e. The van der Waals surface area contributed by atoms with Crippen LogP contribution in [0.15, 0.2) is 42.5 Å². The van der Waals surface area contributed by atoms with Crippen LogP contribution >= 0.6 is 0 Å². The van der Waals surface area contributed by atoms with Crippen LogP contribution in [0.25, 0.3) is 0 Å². The highest BCUT2D eigenvalue weighted by Gasteiger charge is 2.25. The van der Waals surface area contributed by atoms with E-state index in [2.05, 4.69) is 5.32 Å². The molecule has 1 aliphatic rings. The molecule has 2 aromatic rings. The van der Waals surface area contributed by atoms with Crippen molar-refractivity contribution < 1.29 is 23.8 Å². The number of carbonyl (C=O) groups excluding carboxylic acids is 2. The molecule has 0 saturated heterocycles. The molecule has 1 atom stereocenters. The van der Waals surface area contributed by atoms with E-state index in [0.717, 1.165) is 16.9 Å². The van der Waals surface area contributed by atoms with Crippen molar-refractivity contribution in [3.8, 4) is 17.2 Å². The predicted octanol–water partition coefficient (Wildman–Crippen LogP) is 2.56. The second kappa shape index (κ2) is 10.0. The van der Waals surface area contributed by atoms with Crippen molar-refractivity contribution in [1.29, 1.82) is 0 Å². The number of aryl methyl sites for hydroxylation is 1. The predicted molar refractivity (Wildman–Crippen MR) is 113 cm³/mol. The maximum absolute atomic E-state index is 13.1. The number of nitrogens with zero attached hydrogens (tertiary/aromatic N) is 1. The fourth-order valence-corrected chi connectivity index (χ4v) is 3.40. The lowest BCUT2D eigenvalue weighted by Gasteiger charge is -2.28. The molecule has 0 saturated carbocycles. The number of amides is 2. The number of methoxy groups -OCH3 is 1. The third kappa shape index (κ3) is 5.23. The lowest BCUT2D eigenvalue weighted by molar-refractivity contribution is -0.140. The Hall–Kier alpha value is -3.22. The zero-order valence-electron chi connectivity index (χ0n) is 17.6. The fourth-order valence-electron chi connectivity index (χ4n) is 3.40. The molecule has 0 fully saturated rings. The van der Waals surface area contributed by atoms with Crippen molar-refractivity contribution in [2.75, 3.05) is 27.4 Å². The summed E-state index contributed by atoms with van der Waals surface area (Å²) in [6, 6.07) is 12.6. The summed E-state index contributed by atoms with van der Waals surface area (Å²) in [6.07, 6.45) is 0.829. The molecule has 1 N–H and O–H groups in total. The molecule has 160 valence electrons. The minimum atomic E-state index is -0.589. The number of hydrogen-bond acceptors (Lipinski definition) is 5. The molecule has 0 aromatic heterocycles. The topological polar surface area (TPSA) is 77.1 Å². The van der Waals surface area contributed by atoms with Crippen LogP contribution in [0.3, 0.4) is 0 Å². The van der Waals surface area contributed by atoms with Gasteiger partial charge in [0.05, 0.1) is 7.11 Å². The smallest absolute Gasteiger partial charge is 0.242 e. The van der Waals surface area contributed by atoms with Gasteiger partial charge >= 0.3 is 0 Å². The highest BCUT2D eigenvalue weighted by molar-refractivity contribution is 5.87. The van der Waals surface area contributed by atoms with Crippen LogP contribution in [0.5, 0.6) is 17.2 Å². The van der Waals surface area contributed by atoms with E-state index in [1.807, 2.05) is 42.5 Å². The second-order valence-corrected chi connectivity index (χ2v) is 7.14. The van der Waals surface area contributed by atoms with Crippen molar-refractivity contribution in [2.45, 2.75) is 32.4 Å². The number of ether oxygens (including phenoxy) is 3. The Labute approximate surface area is 176 Å². The van der Waals surface area contributed by atoms with E-state index in [0.29, 0.717) is 37.7 Å². The van der Waals surface area contributed by atoms with Crippen LogP contribution in [0.1, 0.15) is 24.5 Å². The van der Waals surface area contributed by atoms with Crippen LogP contribution in [-0.2, 0) is 22.6 Å². The van der Waals surface area contributed by atoms with Crippen LogP contribution in [0.4, 0.5) is 0 Å². The summed E-state index contributed by atoms with van der Waals surface area (Å²) >= 11 is 0. The van der Waals surface area contributed by atoms with Gasteiger partial charge in [0.1, 0.15) is 25.0 Å². The maximum Gasteiger partial charge on any atom is 0.242 e. The highest BCUT2D eigenvalue weighted by atomic mass is 16.6. The Balaban J connectivity index is 1.71. The molecule has 0 spiro atoms. The first kappa shape index (κ1) is 21.5. The zero-order chi connectivity index (χ0) is 21.5. The van der Waals surface area contributed by atoms with Gasteiger partial charge in [-0.2, -0.15) is 0 Å². The summed E-state index contributed by atoms with van der Waals surface area (Å²) < 4.78 is 16.4. The summed E-state index contributed by atoms with van der Waals surface area (Å²) in [6.45, 7) is 3.13. The van der Waals surface area contributed by atoms with E-state index in [1.165, 1.54) is 0 Å². The van der Waals surface area contributed by atoms with Gasteiger partial charge in [0.15, 0.2) is 11.5 Å². The number of carbonyl (C=O) groups is 2. The van der Waals surface area contributed by atoms with Crippen LogP contribution < -0.4 is 19.5 Å². The molecule has 3 rings (SSSR count). The van der Waals surface area contributed by atoms with Gasteiger partial charge in [-0.05, 0) is 48.7 Å². The van der Waals surface area contributed by atoms with Gasteiger partial charge in [0.2, 0.25) is 11.8 Å². The maximum atomic E-state index is 13.1. The normalized spacial score (nSPS) is 13.3. The Morgan fingerprint density at radius 2 is 1.87 bits per heavy atom. The lowest BCUT2D eigenvalue weighted by atomic mass is 10.1. The second-order valence-electron chi connectivity index (χ2n) is 7.14. The van der Waals surface area contributed by atoms with Crippen LogP contribution in [0, 0.1) is 0 Å². The molecule has 2 aromatic carbocycles. The lowest BCUT2D eigenvalue weighted by Crippen LogP contribution is -2.46. The number of rotatable bonds is 8. The average Bonchev–Trinajstić information content (AvgIpc) is 2.80. The molecular formula is C23H28N2O5. The molecule has 0 bridgehead atoms. The number of likely N-dealkylation sites (N-methyl/N-ethyl adjacent to an activating group) is 1. The van der Waals surface area contributed by atoms with E-state index in [4.69, 9.17) is 14.2 Å². The zero-order valence-corrected chi connectivity index (χ0v) is 17.6. The quantitative estimate of drug-likeness (QED) is 0.721. The summed E-state index contributed by atoms with van der Waals surface area (Å²) in [5.41, 5.74) is 1.89. The molecule has 1 aliphatic heterocycles. The molecule has 7 heteroatoms. The molecule has 0 unspecified atom stereocenters. The van der Waals surface area contributed by atoms with Gasteiger partial charge in [-0.25, -0.2) is 0 Å². The van der Waals surface area contributed by atoms with Crippen molar-refractivity contribution >= 4 is 11.8 Å². The highest BCUT2D eigenvalue weighted by Crippen LogP contribution is 2.31. The van der Waals surface area contributed by atoms with Crippen LogP contribution in [-0.4, -0.2) is 50.1 Å².